The van der Waals surface area contributed by atoms with Crippen molar-refractivity contribution in [2.75, 3.05) is 0 Å². The zero-order valence-electron chi connectivity index (χ0n) is 5.98. The molecule has 0 aromatic heterocycles. The van der Waals surface area contributed by atoms with Crippen LogP contribution in [0, 0.1) is 5.82 Å². The summed E-state index contributed by atoms with van der Waals surface area (Å²) in [5.74, 6) is -0.457. The van der Waals surface area contributed by atoms with Crippen LogP contribution in [-0.2, 0) is 5.33 Å². The monoisotopic (exact) mass is 250 g/mol. The molecule has 0 bridgehead atoms. The van der Waals surface area contributed by atoms with Crippen LogP contribution in [0.2, 0.25) is 5.02 Å². The molecule has 1 nitrogen and oxygen atoms in total. The standard InChI is InChI=1S/C8H5BrClFO/c9-3-7-5(4-12)1-6(10)2-8(7)11/h1-2,4H,3H2. The summed E-state index contributed by atoms with van der Waals surface area (Å²) >= 11 is 8.63. The molecular weight excluding hydrogens is 246 g/mol. The van der Waals surface area contributed by atoms with Gasteiger partial charge in [-0.2, -0.15) is 0 Å². The summed E-state index contributed by atoms with van der Waals surface area (Å²) in [5.41, 5.74) is 0.631. The van der Waals surface area contributed by atoms with Gasteiger partial charge >= 0.3 is 0 Å². The summed E-state index contributed by atoms with van der Waals surface area (Å²) in [7, 11) is 0. The van der Waals surface area contributed by atoms with Gasteiger partial charge in [0.05, 0.1) is 0 Å². The van der Waals surface area contributed by atoms with E-state index in [1.807, 2.05) is 0 Å². The molecule has 0 atom stereocenters. The average molecular weight is 251 g/mol. The summed E-state index contributed by atoms with van der Waals surface area (Å²) in [6.45, 7) is 0. The predicted molar refractivity (Wildman–Crippen MR) is 49.4 cm³/mol. The van der Waals surface area contributed by atoms with Gasteiger partial charge in [0, 0.05) is 21.5 Å². The minimum Gasteiger partial charge on any atom is -0.298 e. The van der Waals surface area contributed by atoms with Gasteiger partial charge in [-0.1, -0.05) is 27.5 Å². The molecule has 0 aliphatic rings. The summed E-state index contributed by atoms with van der Waals surface area (Å²) in [5, 5.41) is 0.545. The summed E-state index contributed by atoms with van der Waals surface area (Å²) in [6.07, 6.45) is 0.589. The van der Waals surface area contributed by atoms with E-state index in [0.717, 1.165) is 0 Å². The van der Waals surface area contributed by atoms with Gasteiger partial charge in [-0.3, -0.25) is 4.79 Å². The Bertz CT molecular complexity index is 314. The lowest BCUT2D eigenvalue weighted by Gasteiger charge is -2.02. The van der Waals surface area contributed by atoms with Gasteiger partial charge in [-0.15, -0.1) is 0 Å². The number of carbonyl (C=O) groups is 1. The molecule has 0 amide bonds. The smallest absolute Gasteiger partial charge is 0.150 e. The van der Waals surface area contributed by atoms with Gasteiger partial charge in [0.15, 0.2) is 6.29 Å². The number of alkyl halides is 1. The largest absolute Gasteiger partial charge is 0.298 e. The Morgan fingerprint density at radius 1 is 1.58 bits per heavy atom. The lowest BCUT2D eigenvalue weighted by molar-refractivity contribution is 0.112. The second-order valence-corrected chi connectivity index (χ2v) is 3.20. The molecule has 12 heavy (non-hydrogen) atoms. The Kier molecular flexibility index (Phi) is 3.23. The average Bonchev–Trinajstić information content (AvgIpc) is 2.03. The molecular formula is C8H5BrClFO. The number of rotatable bonds is 2. The molecule has 4 heteroatoms. The van der Waals surface area contributed by atoms with Gasteiger partial charge in [0.1, 0.15) is 5.82 Å². The lowest BCUT2D eigenvalue weighted by atomic mass is 10.1. The molecule has 0 radical (unpaired) electrons. The molecule has 0 spiro atoms. The molecule has 0 N–H and O–H groups in total. The van der Waals surface area contributed by atoms with E-state index in [9.17, 15) is 9.18 Å². The number of benzene rings is 1. The van der Waals surface area contributed by atoms with Crippen LogP contribution in [0.4, 0.5) is 4.39 Å². The Balaban J connectivity index is 3.33. The molecule has 1 rings (SSSR count). The maximum absolute atomic E-state index is 13.0. The van der Waals surface area contributed by atoms with E-state index in [2.05, 4.69) is 15.9 Å². The highest BCUT2D eigenvalue weighted by Gasteiger charge is 2.07. The maximum atomic E-state index is 13.0. The maximum Gasteiger partial charge on any atom is 0.150 e. The fraction of sp³-hybridized carbons (Fsp3) is 0.125. The van der Waals surface area contributed by atoms with Gasteiger partial charge in [0.25, 0.3) is 0 Å². The van der Waals surface area contributed by atoms with Crippen molar-refractivity contribution >= 4 is 33.8 Å². The highest BCUT2D eigenvalue weighted by molar-refractivity contribution is 9.08. The summed E-state index contributed by atoms with van der Waals surface area (Å²) in [6, 6.07) is 2.62. The van der Waals surface area contributed by atoms with Crippen molar-refractivity contribution in [3.8, 4) is 0 Å². The molecule has 1 aromatic rings. The van der Waals surface area contributed by atoms with E-state index >= 15 is 0 Å². The molecule has 1 aromatic carbocycles. The first-order valence-electron chi connectivity index (χ1n) is 3.18. The third-order valence-electron chi connectivity index (χ3n) is 1.46. The number of halogens is 3. The Labute approximate surface area is 82.7 Å². The molecule has 0 saturated heterocycles. The SMILES string of the molecule is O=Cc1cc(Cl)cc(F)c1CBr. The third kappa shape index (κ3) is 1.84. The Morgan fingerprint density at radius 2 is 2.25 bits per heavy atom. The van der Waals surface area contributed by atoms with E-state index in [0.29, 0.717) is 17.2 Å². The van der Waals surface area contributed by atoms with Crippen LogP contribution in [0.1, 0.15) is 15.9 Å². The number of carbonyl (C=O) groups excluding carboxylic acids is 1. The number of aldehydes is 1. The van der Waals surface area contributed by atoms with Crippen molar-refractivity contribution in [3.05, 3.63) is 34.1 Å². The van der Waals surface area contributed by atoms with E-state index in [-0.39, 0.29) is 10.6 Å². The Morgan fingerprint density at radius 3 is 2.75 bits per heavy atom. The number of hydrogen-bond donors (Lipinski definition) is 0. The lowest BCUT2D eigenvalue weighted by Crippen LogP contribution is -1.93. The van der Waals surface area contributed by atoms with Crippen LogP contribution in [0.3, 0.4) is 0 Å². The van der Waals surface area contributed by atoms with Crippen molar-refractivity contribution in [3.63, 3.8) is 0 Å². The summed E-state index contributed by atoms with van der Waals surface area (Å²) < 4.78 is 13.0. The highest BCUT2D eigenvalue weighted by Crippen LogP contribution is 2.20. The molecule has 0 aliphatic heterocycles. The predicted octanol–water partition coefficient (Wildman–Crippen LogP) is 3.19. The highest BCUT2D eigenvalue weighted by atomic mass is 79.9. The van der Waals surface area contributed by atoms with E-state index in [4.69, 9.17) is 11.6 Å². The van der Waals surface area contributed by atoms with Crippen LogP contribution < -0.4 is 0 Å². The van der Waals surface area contributed by atoms with Crippen LogP contribution in [0.5, 0.6) is 0 Å². The quantitative estimate of drug-likeness (QED) is 0.583. The third-order valence-corrected chi connectivity index (χ3v) is 2.23. The zero-order valence-corrected chi connectivity index (χ0v) is 8.32. The molecule has 0 unspecified atom stereocenters. The van der Waals surface area contributed by atoms with E-state index in [1.54, 1.807) is 0 Å². The molecule has 0 heterocycles. The van der Waals surface area contributed by atoms with Crippen molar-refractivity contribution < 1.29 is 9.18 Å². The second kappa shape index (κ2) is 4.01. The summed E-state index contributed by atoms with van der Waals surface area (Å²) in [4.78, 5) is 10.4. The van der Waals surface area contributed by atoms with Crippen LogP contribution in [0.15, 0.2) is 12.1 Å². The molecule has 0 fully saturated rings. The topological polar surface area (TPSA) is 17.1 Å². The van der Waals surface area contributed by atoms with Crippen LogP contribution >= 0.6 is 27.5 Å². The first kappa shape index (κ1) is 9.68. The molecule has 0 aliphatic carbocycles. The Hall–Kier alpha value is -0.410. The molecule has 64 valence electrons. The first-order valence-corrected chi connectivity index (χ1v) is 4.68. The number of hydrogen-bond acceptors (Lipinski definition) is 1. The van der Waals surface area contributed by atoms with Crippen LogP contribution in [-0.4, -0.2) is 6.29 Å². The van der Waals surface area contributed by atoms with Crippen LogP contribution in [0.25, 0.3) is 0 Å². The van der Waals surface area contributed by atoms with Crippen molar-refractivity contribution in [2.45, 2.75) is 5.33 Å². The fourth-order valence-electron chi connectivity index (χ4n) is 0.870. The second-order valence-electron chi connectivity index (χ2n) is 2.21. The zero-order chi connectivity index (χ0) is 9.14. The fourth-order valence-corrected chi connectivity index (χ4v) is 1.67. The van der Waals surface area contributed by atoms with Gasteiger partial charge in [-0.05, 0) is 12.1 Å². The van der Waals surface area contributed by atoms with Gasteiger partial charge in [-0.25, -0.2) is 4.39 Å². The van der Waals surface area contributed by atoms with Crippen molar-refractivity contribution in [2.24, 2.45) is 0 Å². The molecule has 0 saturated carbocycles. The van der Waals surface area contributed by atoms with Crippen molar-refractivity contribution in [1.82, 2.24) is 0 Å². The van der Waals surface area contributed by atoms with E-state index in [1.165, 1.54) is 12.1 Å². The van der Waals surface area contributed by atoms with Crippen molar-refractivity contribution in [1.29, 1.82) is 0 Å². The van der Waals surface area contributed by atoms with Gasteiger partial charge in [0.2, 0.25) is 0 Å². The van der Waals surface area contributed by atoms with Gasteiger partial charge < -0.3 is 0 Å². The minimum absolute atomic E-state index is 0.235. The van der Waals surface area contributed by atoms with E-state index < -0.39 is 5.82 Å². The minimum atomic E-state index is -0.457. The normalized spacial score (nSPS) is 9.92. The first-order chi connectivity index (χ1) is 5.69.